The Bertz CT molecular complexity index is 975. The number of imidazole rings is 1. The molecule has 0 aliphatic rings. The number of thiazole rings is 1. The lowest BCUT2D eigenvalue weighted by Gasteiger charge is -2.12. The number of ether oxygens (including phenoxy) is 1. The van der Waals surface area contributed by atoms with E-state index in [9.17, 15) is 14.4 Å². The van der Waals surface area contributed by atoms with Crippen LogP contribution in [0.3, 0.4) is 0 Å². The lowest BCUT2D eigenvalue weighted by atomic mass is 10.1. The Hall–Kier alpha value is -3.20. The molecule has 3 rings (SSSR count). The molecule has 2 amide bonds. The number of para-hydroxylation sites is 1. The van der Waals surface area contributed by atoms with Gasteiger partial charge < -0.3 is 15.4 Å². The summed E-state index contributed by atoms with van der Waals surface area (Å²) in [6.07, 6.45) is 3.57. The van der Waals surface area contributed by atoms with E-state index >= 15 is 0 Å². The summed E-state index contributed by atoms with van der Waals surface area (Å²) in [5.74, 6) is -1.45. The second kappa shape index (κ2) is 8.66. The maximum absolute atomic E-state index is 12.0. The van der Waals surface area contributed by atoms with Crippen LogP contribution in [0.5, 0.6) is 0 Å². The van der Waals surface area contributed by atoms with Gasteiger partial charge >= 0.3 is 5.97 Å². The van der Waals surface area contributed by atoms with Crippen molar-refractivity contribution in [3.8, 4) is 0 Å². The van der Waals surface area contributed by atoms with Gasteiger partial charge in [-0.25, -0.2) is 4.98 Å². The molecule has 0 bridgehead atoms. The molecule has 0 fully saturated rings. The molecule has 146 valence electrons. The molecule has 0 unspecified atom stereocenters. The van der Waals surface area contributed by atoms with E-state index in [0.717, 1.165) is 21.8 Å². The number of aryl methyl sites for hydroxylation is 2. The Balaban J connectivity index is 1.39. The van der Waals surface area contributed by atoms with Gasteiger partial charge in [-0.2, -0.15) is 0 Å². The Labute approximate surface area is 165 Å². The quantitative estimate of drug-likeness (QED) is 0.590. The highest BCUT2D eigenvalue weighted by Gasteiger charge is 2.13. The van der Waals surface area contributed by atoms with Crippen molar-refractivity contribution in [2.45, 2.75) is 20.3 Å². The van der Waals surface area contributed by atoms with E-state index in [2.05, 4.69) is 15.6 Å². The van der Waals surface area contributed by atoms with Crippen LogP contribution in [0.1, 0.15) is 16.8 Å². The van der Waals surface area contributed by atoms with E-state index in [1.54, 1.807) is 6.20 Å². The molecule has 2 heterocycles. The molecular formula is C19H20N4O4S. The van der Waals surface area contributed by atoms with Crippen LogP contribution in [0.15, 0.2) is 36.0 Å². The Kier molecular flexibility index (Phi) is 6.05. The van der Waals surface area contributed by atoms with Crippen molar-refractivity contribution in [2.75, 3.05) is 18.5 Å². The third-order valence-corrected chi connectivity index (χ3v) is 4.80. The Morgan fingerprint density at radius 1 is 1.18 bits per heavy atom. The molecule has 9 heteroatoms. The second-order valence-corrected chi connectivity index (χ2v) is 7.13. The average Bonchev–Trinajstić information content (AvgIpc) is 3.23. The number of aromatic nitrogens is 2. The SMILES string of the molecule is Cc1cccc(C)c1NC(=O)CNC(=O)COC(=O)Cc1cn2ccsc2n1. The fraction of sp³-hybridized carbons (Fsp3) is 0.263. The number of hydrogen-bond acceptors (Lipinski definition) is 6. The van der Waals surface area contributed by atoms with Gasteiger partial charge in [0.25, 0.3) is 5.91 Å². The third kappa shape index (κ3) is 4.95. The van der Waals surface area contributed by atoms with Crippen molar-refractivity contribution in [3.05, 3.63) is 52.8 Å². The number of fused-ring (bicyclic) bond motifs is 1. The van der Waals surface area contributed by atoms with Crippen LogP contribution in [0.25, 0.3) is 4.96 Å². The second-order valence-electron chi connectivity index (χ2n) is 6.25. The van der Waals surface area contributed by atoms with Crippen molar-refractivity contribution in [2.24, 2.45) is 0 Å². The minimum atomic E-state index is -0.555. The van der Waals surface area contributed by atoms with Gasteiger partial charge in [-0.05, 0) is 25.0 Å². The van der Waals surface area contributed by atoms with Crippen LogP contribution in [-0.2, 0) is 25.5 Å². The lowest BCUT2D eigenvalue weighted by Crippen LogP contribution is -2.36. The van der Waals surface area contributed by atoms with Crippen LogP contribution in [-0.4, -0.2) is 40.3 Å². The molecule has 8 nitrogen and oxygen atoms in total. The van der Waals surface area contributed by atoms with Crippen molar-refractivity contribution >= 4 is 39.8 Å². The summed E-state index contributed by atoms with van der Waals surface area (Å²) in [4.78, 5) is 40.7. The van der Waals surface area contributed by atoms with Crippen LogP contribution < -0.4 is 10.6 Å². The Morgan fingerprint density at radius 2 is 1.93 bits per heavy atom. The number of anilines is 1. The molecule has 0 spiro atoms. The number of benzene rings is 1. The molecule has 0 saturated carbocycles. The first-order chi connectivity index (χ1) is 13.4. The fourth-order valence-electron chi connectivity index (χ4n) is 2.63. The standard InChI is InChI=1S/C19H20N4O4S/c1-12-4-3-5-13(2)18(12)22-15(24)9-20-16(25)11-27-17(26)8-14-10-23-6-7-28-19(23)21-14/h3-7,10H,8-9,11H2,1-2H3,(H,20,25)(H,22,24). The van der Waals surface area contributed by atoms with Crippen LogP contribution in [0.4, 0.5) is 5.69 Å². The number of nitrogens with zero attached hydrogens (tertiary/aromatic N) is 2. The number of carbonyl (C=O) groups excluding carboxylic acids is 3. The number of rotatable bonds is 7. The highest BCUT2D eigenvalue weighted by molar-refractivity contribution is 7.15. The van der Waals surface area contributed by atoms with E-state index in [-0.39, 0.29) is 18.9 Å². The van der Waals surface area contributed by atoms with Gasteiger partial charge in [0.1, 0.15) is 0 Å². The average molecular weight is 400 g/mol. The topological polar surface area (TPSA) is 102 Å². The van der Waals surface area contributed by atoms with Gasteiger partial charge in [0.05, 0.1) is 18.7 Å². The summed E-state index contributed by atoms with van der Waals surface area (Å²) in [5.41, 5.74) is 3.18. The van der Waals surface area contributed by atoms with Gasteiger partial charge in [0, 0.05) is 23.5 Å². The van der Waals surface area contributed by atoms with Crippen molar-refractivity contribution < 1.29 is 19.1 Å². The summed E-state index contributed by atoms with van der Waals surface area (Å²) < 4.78 is 6.75. The van der Waals surface area contributed by atoms with E-state index in [0.29, 0.717) is 5.69 Å². The number of amides is 2. The molecular weight excluding hydrogens is 380 g/mol. The zero-order valence-corrected chi connectivity index (χ0v) is 16.3. The zero-order chi connectivity index (χ0) is 20.1. The minimum Gasteiger partial charge on any atom is -0.455 e. The number of esters is 1. The van der Waals surface area contributed by atoms with Crippen LogP contribution in [0.2, 0.25) is 0 Å². The van der Waals surface area contributed by atoms with Gasteiger partial charge in [-0.3, -0.25) is 18.8 Å². The zero-order valence-electron chi connectivity index (χ0n) is 15.5. The highest BCUT2D eigenvalue weighted by Crippen LogP contribution is 2.19. The maximum Gasteiger partial charge on any atom is 0.312 e. The molecule has 3 aromatic rings. The predicted octanol–water partition coefficient (Wildman–Crippen LogP) is 1.85. The molecule has 2 N–H and O–H groups in total. The molecule has 0 aliphatic carbocycles. The summed E-state index contributed by atoms with van der Waals surface area (Å²) in [7, 11) is 0. The lowest BCUT2D eigenvalue weighted by molar-refractivity contribution is -0.147. The Morgan fingerprint density at radius 3 is 2.64 bits per heavy atom. The van der Waals surface area contributed by atoms with Crippen molar-refractivity contribution in [3.63, 3.8) is 0 Å². The first-order valence-corrected chi connectivity index (χ1v) is 9.50. The molecule has 0 aliphatic heterocycles. The molecule has 0 radical (unpaired) electrons. The highest BCUT2D eigenvalue weighted by atomic mass is 32.1. The minimum absolute atomic E-state index is 0.0191. The predicted molar refractivity (Wildman–Crippen MR) is 105 cm³/mol. The maximum atomic E-state index is 12.0. The summed E-state index contributed by atoms with van der Waals surface area (Å²) in [6.45, 7) is 3.13. The van der Waals surface area contributed by atoms with Gasteiger partial charge in [0.2, 0.25) is 5.91 Å². The van der Waals surface area contributed by atoms with Crippen molar-refractivity contribution in [1.29, 1.82) is 0 Å². The number of nitrogens with one attached hydrogen (secondary N) is 2. The molecule has 0 saturated heterocycles. The van der Waals surface area contributed by atoms with Crippen molar-refractivity contribution in [1.82, 2.24) is 14.7 Å². The molecule has 0 atom stereocenters. The van der Waals surface area contributed by atoms with E-state index in [1.165, 1.54) is 11.3 Å². The first kappa shape index (κ1) is 19.6. The summed E-state index contributed by atoms with van der Waals surface area (Å²) in [6, 6.07) is 5.69. The van der Waals surface area contributed by atoms with Crippen LogP contribution >= 0.6 is 11.3 Å². The normalized spacial score (nSPS) is 10.6. The van der Waals surface area contributed by atoms with Crippen LogP contribution in [0, 0.1) is 13.8 Å². The van der Waals surface area contributed by atoms with Gasteiger partial charge in [-0.1, -0.05) is 18.2 Å². The monoisotopic (exact) mass is 400 g/mol. The number of carbonyl (C=O) groups is 3. The molecule has 2 aromatic heterocycles. The van der Waals surface area contributed by atoms with E-state index < -0.39 is 18.5 Å². The number of hydrogen-bond donors (Lipinski definition) is 2. The fourth-order valence-corrected chi connectivity index (χ4v) is 3.35. The molecule has 28 heavy (non-hydrogen) atoms. The molecule has 1 aromatic carbocycles. The summed E-state index contributed by atoms with van der Waals surface area (Å²) in [5, 5.41) is 7.10. The first-order valence-electron chi connectivity index (χ1n) is 8.62. The third-order valence-electron chi connectivity index (χ3n) is 4.02. The smallest absolute Gasteiger partial charge is 0.312 e. The van der Waals surface area contributed by atoms with Gasteiger partial charge in [-0.15, -0.1) is 11.3 Å². The van der Waals surface area contributed by atoms with E-state index in [1.807, 2.05) is 48.0 Å². The summed E-state index contributed by atoms with van der Waals surface area (Å²) >= 11 is 1.46. The largest absolute Gasteiger partial charge is 0.455 e. The van der Waals surface area contributed by atoms with E-state index in [4.69, 9.17) is 4.74 Å². The van der Waals surface area contributed by atoms with Gasteiger partial charge in [0.15, 0.2) is 11.6 Å².